The number of hydrogen-bond donors (Lipinski definition) is 4. The molecule has 0 aliphatic carbocycles. The minimum absolute atomic E-state index is 0. The van der Waals surface area contributed by atoms with Gasteiger partial charge in [-0.1, -0.05) is 6.92 Å². The number of aliphatic hydroxyl groups is 1. The van der Waals surface area contributed by atoms with Gasteiger partial charge < -0.3 is 30.2 Å². The number of carbonyl (C=O) groups excluding carboxylic acids is 1. The maximum absolute atomic E-state index is 10.6. The van der Waals surface area contributed by atoms with Gasteiger partial charge in [0.2, 0.25) is 0 Å². The van der Waals surface area contributed by atoms with E-state index < -0.39 is 6.10 Å². The van der Waals surface area contributed by atoms with Gasteiger partial charge in [0.15, 0.2) is 0 Å². The molecular weight excluding hydrogens is 346 g/mol. The van der Waals surface area contributed by atoms with Gasteiger partial charge in [-0.05, 0) is 33.1 Å². The normalized spacial score (nSPS) is 13.6. The quantitative estimate of drug-likeness (QED) is 0.495. The maximum Gasteiger partial charge on any atom is 0.130 e. The highest BCUT2D eigenvalue weighted by Gasteiger charge is 2.17. The van der Waals surface area contributed by atoms with Crippen LogP contribution in [0, 0.1) is 5.92 Å². The summed E-state index contributed by atoms with van der Waals surface area (Å²) in [5.41, 5.74) is 0.415. The van der Waals surface area contributed by atoms with Crippen LogP contribution in [-0.4, -0.2) is 46.4 Å². The summed E-state index contributed by atoms with van der Waals surface area (Å²) in [7, 11) is 0. The number of carbonyl (C=O) groups is 1. The van der Waals surface area contributed by atoms with Gasteiger partial charge in [-0.2, -0.15) is 0 Å². The van der Waals surface area contributed by atoms with Crippen molar-refractivity contribution in [1.29, 1.82) is 0 Å². The van der Waals surface area contributed by atoms with E-state index in [1.54, 1.807) is 0 Å². The molecule has 2 atom stereocenters. The molecule has 1 rings (SSSR count). The number of hydrogen-bond acceptors (Lipinski definition) is 6. The zero-order valence-electron chi connectivity index (χ0n) is 15.3. The number of β-amino-alcohol motifs (C(OH)–C–C–N with tert-alkyl or cyclic N) is 1. The molecule has 0 saturated carbocycles. The van der Waals surface area contributed by atoms with E-state index in [0.717, 1.165) is 6.29 Å². The lowest BCUT2D eigenvalue weighted by molar-refractivity contribution is -0.108. The van der Waals surface area contributed by atoms with Crippen molar-refractivity contribution in [3.63, 3.8) is 0 Å². The lowest BCUT2D eigenvalue weighted by Crippen LogP contribution is -2.42. The third kappa shape index (κ3) is 8.95. The van der Waals surface area contributed by atoms with Crippen molar-refractivity contribution >= 4 is 18.7 Å². The van der Waals surface area contributed by atoms with Gasteiger partial charge in [-0.25, -0.2) is 0 Å². The third-order valence-electron chi connectivity index (χ3n) is 3.52. The average Bonchev–Trinajstić information content (AvgIpc) is 2.45. The molecule has 4 N–H and O–H groups in total. The Morgan fingerprint density at radius 2 is 1.92 bits per heavy atom. The molecule has 0 saturated heterocycles. The van der Waals surface area contributed by atoms with Gasteiger partial charge in [0.1, 0.15) is 36.2 Å². The second-order valence-corrected chi connectivity index (χ2v) is 7.25. The van der Waals surface area contributed by atoms with Crippen LogP contribution in [0.2, 0.25) is 0 Å². The number of aliphatic hydroxyl groups excluding tert-OH is 1. The van der Waals surface area contributed by atoms with Crippen LogP contribution in [0.5, 0.6) is 17.2 Å². The van der Waals surface area contributed by atoms with Crippen molar-refractivity contribution in [2.45, 2.75) is 52.2 Å². The Kier molecular flexibility index (Phi) is 9.85. The summed E-state index contributed by atoms with van der Waals surface area (Å²) in [6.45, 7) is 8.29. The van der Waals surface area contributed by atoms with Crippen molar-refractivity contribution in [2.24, 2.45) is 5.92 Å². The molecule has 0 bridgehead atoms. The third-order valence-corrected chi connectivity index (χ3v) is 3.52. The van der Waals surface area contributed by atoms with Gasteiger partial charge in [0.25, 0.3) is 0 Å². The van der Waals surface area contributed by atoms with Crippen LogP contribution in [0.15, 0.2) is 12.1 Å². The number of halogens is 1. The molecule has 1 unspecified atom stereocenters. The van der Waals surface area contributed by atoms with Crippen LogP contribution in [0.4, 0.5) is 0 Å². The van der Waals surface area contributed by atoms with E-state index >= 15 is 0 Å². The molecule has 144 valence electrons. The largest absolute Gasteiger partial charge is 0.508 e. The molecule has 6 nitrogen and oxygen atoms in total. The predicted octanol–water partition coefficient (Wildman–Crippen LogP) is 2.42. The highest BCUT2D eigenvalue weighted by atomic mass is 35.5. The van der Waals surface area contributed by atoms with Crippen LogP contribution < -0.4 is 10.1 Å². The Balaban J connectivity index is 0.00000576. The molecule has 0 spiro atoms. The summed E-state index contributed by atoms with van der Waals surface area (Å²) >= 11 is 0. The molecule has 0 fully saturated rings. The summed E-state index contributed by atoms with van der Waals surface area (Å²) < 4.78 is 5.61. The number of phenolic OH excluding ortho intramolecular Hbond substituents is 2. The van der Waals surface area contributed by atoms with Crippen LogP contribution in [-0.2, 0) is 11.2 Å². The fourth-order valence-electron chi connectivity index (χ4n) is 2.22. The Bertz CT molecular complexity index is 545. The van der Waals surface area contributed by atoms with Gasteiger partial charge in [0.05, 0.1) is 0 Å². The maximum atomic E-state index is 10.6. The van der Waals surface area contributed by atoms with Gasteiger partial charge >= 0.3 is 0 Å². The average molecular weight is 376 g/mol. The van der Waals surface area contributed by atoms with Gasteiger partial charge in [-0.3, -0.25) is 0 Å². The first-order valence-corrected chi connectivity index (χ1v) is 8.16. The van der Waals surface area contributed by atoms with Crippen LogP contribution >= 0.6 is 12.4 Å². The Labute approximate surface area is 155 Å². The number of aldehydes is 1. The molecule has 0 aliphatic rings. The van der Waals surface area contributed by atoms with Gasteiger partial charge in [0, 0.05) is 36.2 Å². The van der Waals surface area contributed by atoms with E-state index in [-0.39, 0.29) is 42.0 Å². The minimum atomic E-state index is -0.728. The SMILES string of the molecule is C[C@@H](CC=O)Cc1c(O)cc(O)cc1OCC(O)CNC(C)(C)C.Cl. The van der Waals surface area contributed by atoms with E-state index in [9.17, 15) is 20.1 Å². The summed E-state index contributed by atoms with van der Waals surface area (Å²) in [5.74, 6) is 0.162. The molecule has 0 aliphatic heterocycles. The second-order valence-electron chi connectivity index (χ2n) is 7.25. The summed E-state index contributed by atoms with van der Waals surface area (Å²) in [6, 6.07) is 2.65. The molecule has 1 aromatic rings. The number of ether oxygens (including phenoxy) is 1. The Morgan fingerprint density at radius 3 is 2.48 bits per heavy atom. The first-order valence-electron chi connectivity index (χ1n) is 8.16. The number of aromatic hydroxyl groups is 2. The number of phenols is 2. The first-order chi connectivity index (χ1) is 11.1. The van der Waals surface area contributed by atoms with Crippen LogP contribution in [0.25, 0.3) is 0 Å². The van der Waals surface area contributed by atoms with E-state index in [1.165, 1.54) is 12.1 Å². The fraction of sp³-hybridized carbons (Fsp3) is 0.611. The fourth-order valence-corrected chi connectivity index (χ4v) is 2.22. The zero-order valence-corrected chi connectivity index (χ0v) is 16.1. The lowest BCUT2D eigenvalue weighted by atomic mass is 9.97. The summed E-state index contributed by atoms with van der Waals surface area (Å²) in [5, 5.41) is 32.9. The molecule has 0 amide bonds. The standard InChI is InChI=1S/C18H29NO5.ClH/c1-12(5-6-20)7-15-16(23)8-13(21)9-17(15)24-11-14(22)10-19-18(2,3)4;/h6,8-9,12,14,19,21-23H,5,7,10-11H2,1-4H3;1H/t12-,14?;/m0./s1. The Morgan fingerprint density at radius 1 is 1.28 bits per heavy atom. The first kappa shape index (κ1) is 23.5. The number of benzene rings is 1. The Hall–Kier alpha value is -1.50. The van der Waals surface area contributed by atoms with Crippen molar-refractivity contribution in [3.05, 3.63) is 17.7 Å². The summed E-state index contributed by atoms with van der Waals surface area (Å²) in [6.07, 6.45) is 0.924. The minimum Gasteiger partial charge on any atom is -0.508 e. The molecule has 7 heteroatoms. The van der Waals surface area contributed by atoms with Crippen molar-refractivity contribution in [3.8, 4) is 17.2 Å². The molecule has 0 heterocycles. The highest BCUT2D eigenvalue weighted by molar-refractivity contribution is 5.85. The summed E-state index contributed by atoms with van der Waals surface area (Å²) in [4.78, 5) is 10.6. The van der Waals surface area contributed by atoms with Gasteiger partial charge in [-0.15, -0.1) is 12.4 Å². The topological polar surface area (TPSA) is 99.0 Å². The second kappa shape index (κ2) is 10.5. The molecule has 0 aromatic heterocycles. The lowest BCUT2D eigenvalue weighted by Gasteiger charge is -2.23. The van der Waals surface area contributed by atoms with E-state index in [1.807, 2.05) is 27.7 Å². The highest BCUT2D eigenvalue weighted by Crippen LogP contribution is 2.35. The van der Waals surface area contributed by atoms with Crippen molar-refractivity contribution in [2.75, 3.05) is 13.2 Å². The van der Waals surface area contributed by atoms with Crippen LogP contribution in [0.1, 0.15) is 39.7 Å². The molecule has 0 radical (unpaired) electrons. The molecular formula is C18H30ClNO5. The van der Waals surface area contributed by atoms with E-state index in [0.29, 0.717) is 30.7 Å². The smallest absolute Gasteiger partial charge is 0.130 e. The van der Waals surface area contributed by atoms with E-state index in [4.69, 9.17) is 4.74 Å². The van der Waals surface area contributed by atoms with Crippen molar-refractivity contribution in [1.82, 2.24) is 5.32 Å². The predicted molar refractivity (Wildman–Crippen MR) is 99.8 cm³/mol. The van der Waals surface area contributed by atoms with Crippen LogP contribution in [0.3, 0.4) is 0 Å². The number of nitrogens with one attached hydrogen (secondary N) is 1. The zero-order chi connectivity index (χ0) is 18.3. The number of rotatable bonds is 9. The molecule has 1 aromatic carbocycles. The van der Waals surface area contributed by atoms with E-state index in [2.05, 4.69) is 5.32 Å². The van der Waals surface area contributed by atoms with Crippen molar-refractivity contribution < 1.29 is 24.9 Å². The monoisotopic (exact) mass is 375 g/mol. The molecule has 25 heavy (non-hydrogen) atoms.